The lowest BCUT2D eigenvalue weighted by atomic mass is 9.99. The second-order valence-electron chi connectivity index (χ2n) is 6.30. The molecule has 2 saturated heterocycles. The van der Waals surface area contributed by atoms with Gasteiger partial charge in [-0.25, -0.2) is 4.79 Å². The summed E-state index contributed by atoms with van der Waals surface area (Å²) in [5, 5.41) is 10.3. The fourth-order valence-electron chi connectivity index (χ4n) is 3.00. The number of aliphatic hydroxyl groups is 1. The SMILES string of the molecule is CO[C@@H]1O[C@H](COC(=O)c2ccccc2)[C@@H]2OC(C)(C)O[C@@H]2[C@H]1O. The Morgan fingerprint density at radius 2 is 1.88 bits per heavy atom. The Labute approximate surface area is 140 Å². The van der Waals surface area contributed by atoms with E-state index < -0.39 is 42.5 Å². The topological polar surface area (TPSA) is 83.5 Å². The average Bonchev–Trinajstić information content (AvgIpc) is 2.91. The van der Waals surface area contributed by atoms with Crippen LogP contribution in [-0.2, 0) is 23.7 Å². The van der Waals surface area contributed by atoms with Crippen molar-refractivity contribution in [3.05, 3.63) is 35.9 Å². The van der Waals surface area contributed by atoms with E-state index in [1.54, 1.807) is 38.1 Å². The van der Waals surface area contributed by atoms with Gasteiger partial charge in [-0.15, -0.1) is 0 Å². The van der Waals surface area contributed by atoms with Crippen molar-refractivity contribution in [2.45, 2.75) is 50.3 Å². The lowest BCUT2D eigenvalue weighted by Crippen LogP contribution is -2.58. The van der Waals surface area contributed by atoms with Crippen LogP contribution in [-0.4, -0.2) is 61.3 Å². The molecule has 0 radical (unpaired) electrons. The molecule has 2 heterocycles. The number of esters is 1. The summed E-state index contributed by atoms with van der Waals surface area (Å²) in [7, 11) is 1.43. The van der Waals surface area contributed by atoms with Gasteiger partial charge in [-0.3, -0.25) is 0 Å². The van der Waals surface area contributed by atoms with E-state index in [1.807, 2.05) is 6.07 Å². The van der Waals surface area contributed by atoms with Gasteiger partial charge in [0.2, 0.25) is 0 Å². The smallest absolute Gasteiger partial charge is 0.338 e. The van der Waals surface area contributed by atoms with Crippen molar-refractivity contribution >= 4 is 5.97 Å². The summed E-state index contributed by atoms with van der Waals surface area (Å²) in [5.74, 6) is -1.31. The maximum Gasteiger partial charge on any atom is 0.338 e. The molecule has 0 amide bonds. The Hall–Kier alpha value is -1.51. The van der Waals surface area contributed by atoms with Gasteiger partial charge >= 0.3 is 5.97 Å². The summed E-state index contributed by atoms with van der Waals surface area (Å²) in [4.78, 5) is 12.1. The normalized spacial score (nSPS) is 34.6. The maximum atomic E-state index is 12.1. The van der Waals surface area contributed by atoms with Crippen molar-refractivity contribution in [1.82, 2.24) is 0 Å². The lowest BCUT2D eigenvalue weighted by Gasteiger charge is -2.38. The molecule has 5 atom stereocenters. The van der Waals surface area contributed by atoms with Gasteiger partial charge in [0.15, 0.2) is 12.1 Å². The number of methoxy groups -OCH3 is 1. The zero-order chi connectivity index (χ0) is 17.3. The highest BCUT2D eigenvalue weighted by Crippen LogP contribution is 2.37. The van der Waals surface area contributed by atoms with Gasteiger partial charge in [-0.05, 0) is 26.0 Å². The molecule has 7 nitrogen and oxygen atoms in total. The van der Waals surface area contributed by atoms with E-state index in [1.165, 1.54) is 7.11 Å². The van der Waals surface area contributed by atoms with Crippen molar-refractivity contribution in [3.8, 4) is 0 Å². The van der Waals surface area contributed by atoms with E-state index in [9.17, 15) is 9.90 Å². The quantitative estimate of drug-likeness (QED) is 0.823. The van der Waals surface area contributed by atoms with E-state index in [0.717, 1.165) is 0 Å². The number of carbonyl (C=O) groups excluding carboxylic acids is 1. The van der Waals surface area contributed by atoms with Crippen molar-refractivity contribution in [2.24, 2.45) is 0 Å². The second-order valence-corrected chi connectivity index (χ2v) is 6.30. The summed E-state index contributed by atoms with van der Waals surface area (Å²) in [5.41, 5.74) is 0.456. The highest BCUT2D eigenvalue weighted by atomic mass is 16.8. The van der Waals surface area contributed by atoms with E-state index in [-0.39, 0.29) is 6.61 Å². The molecule has 7 heteroatoms. The molecule has 2 fully saturated rings. The Morgan fingerprint density at radius 1 is 1.21 bits per heavy atom. The highest BCUT2D eigenvalue weighted by molar-refractivity contribution is 5.89. The minimum absolute atomic E-state index is 0.0269. The number of hydrogen-bond acceptors (Lipinski definition) is 7. The van der Waals surface area contributed by atoms with E-state index in [4.69, 9.17) is 23.7 Å². The average molecular weight is 338 g/mol. The molecule has 3 rings (SSSR count). The standard InChI is InChI=1S/C17H22O7/c1-17(2)23-13-11(22-16(20-3)12(18)14(13)24-17)9-21-15(19)10-7-5-4-6-8-10/h4-8,11-14,16,18H,9H2,1-3H3/t11-,12-,13+,14-,16-/m1/s1. The van der Waals surface area contributed by atoms with Crippen LogP contribution < -0.4 is 0 Å². The van der Waals surface area contributed by atoms with E-state index >= 15 is 0 Å². The third-order valence-electron chi connectivity index (χ3n) is 4.07. The second kappa shape index (κ2) is 6.78. The summed E-state index contributed by atoms with van der Waals surface area (Å²) in [6.45, 7) is 3.49. The van der Waals surface area contributed by atoms with Gasteiger partial charge in [-0.2, -0.15) is 0 Å². The van der Waals surface area contributed by atoms with E-state index in [2.05, 4.69) is 0 Å². The first-order chi connectivity index (χ1) is 11.4. The number of rotatable bonds is 4. The molecule has 2 aliphatic rings. The van der Waals surface area contributed by atoms with Crippen LogP contribution in [0.5, 0.6) is 0 Å². The Kier molecular flexibility index (Phi) is 4.89. The van der Waals surface area contributed by atoms with Gasteiger partial charge in [0.1, 0.15) is 31.0 Å². The number of fused-ring (bicyclic) bond motifs is 1. The van der Waals surface area contributed by atoms with Crippen LogP contribution in [0.1, 0.15) is 24.2 Å². The van der Waals surface area contributed by atoms with Crippen molar-refractivity contribution < 1.29 is 33.6 Å². The third kappa shape index (κ3) is 3.45. The largest absolute Gasteiger partial charge is 0.459 e. The number of hydrogen-bond donors (Lipinski definition) is 1. The van der Waals surface area contributed by atoms with Crippen molar-refractivity contribution in [1.29, 1.82) is 0 Å². The first-order valence-electron chi connectivity index (χ1n) is 7.85. The van der Waals surface area contributed by atoms with Crippen LogP contribution in [0.3, 0.4) is 0 Å². The Morgan fingerprint density at radius 3 is 2.54 bits per heavy atom. The van der Waals surface area contributed by atoms with Gasteiger partial charge in [0.25, 0.3) is 0 Å². The monoisotopic (exact) mass is 338 g/mol. The molecule has 2 aliphatic heterocycles. The first kappa shape index (κ1) is 17.3. The number of aliphatic hydroxyl groups excluding tert-OH is 1. The highest BCUT2D eigenvalue weighted by Gasteiger charge is 2.55. The fraction of sp³-hybridized carbons (Fsp3) is 0.588. The van der Waals surface area contributed by atoms with Gasteiger partial charge < -0.3 is 28.8 Å². The van der Waals surface area contributed by atoms with Crippen LogP contribution in [0.15, 0.2) is 30.3 Å². The van der Waals surface area contributed by atoms with Crippen molar-refractivity contribution in [2.75, 3.05) is 13.7 Å². The zero-order valence-electron chi connectivity index (χ0n) is 13.9. The minimum atomic E-state index is -0.983. The molecule has 0 aliphatic carbocycles. The lowest BCUT2D eigenvalue weighted by molar-refractivity contribution is -0.274. The Bertz CT molecular complexity index is 574. The Balaban J connectivity index is 1.68. The van der Waals surface area contributed by atoms with Crippen LogP contribution in [0.4, 0.5) is 0 Å². The number of ether oxygens (including phenoxy) is 5. The van der Waals surface area contributed by atoms with Gasteiger partial charge in [0, 0.05) is 7.11 Å². The molecule has 0 spiro atoms. The molecule has 0 bridgehead atoms. The van der Waals surface area contributed by atoms with Crippen LogP contribution in [0.2, 0.25) is 0 Å². The number of benzene rings is 1. The molecule has 1 aromatic carbocycles. The molecule has 0 unspecified atom stereocenters. The molecule has 132 valence electrons. The summed E-state index contributed by atoms with van der Waals surface area (Å²) < 4.78 is 27.7. The molecule has 24 heavy (non-hydrogen) atoms. The fourth-order valence-corrected chi connectivity index (χ4v) is 3.00. The third-order valence-corrected chi connectivity index (χ3v) is 4.07. The molecule has 0 aromatic heterocycles. The predicted octanol–water partition coefficient (Wildman–Crippen LogP) is 1.10. The summed E-state index contributed by atoms with van der Waals surface area (Å²) in [6, 6.07) is 8.69. The van der Waals surface area contributed by atoms with Crippen molar-refractivity contribution in [3.63, 3.8) is 0 Å². The van der Waals surface area contributed by atoms with E-state index in [0.29, 0.717) is 5.56 Å². The summed E-state index contributed by atoms with van der Waals surface area (Å²) in [6.07, 6.45) is -3.62. The molecular formula is C17H22O7. The maximum absolute atomic E-state index is 12.1. The zero-order valence-corrected chi connectivity index (χ0v) is 13.9. The molecule has 1 N–H and O–H groups in total. The van der Waals surface area contributed by atoms with Crippen LogP contribution in [0, 0.1) is 0 Å². The van der Waals surface area contributed by atoms with Gasteiger partial charge in [-0.1, -0.05) is 18.2 Å². The summed E-state index contributed by atoms with van der Waals surface area (Å²) >= 11 is 0. The predicted molar refractivity (Wildman–Crippen MR) is 82.2 cm³/mol. The number of carbonyl (C=O) groups is 1. The molecule has 1 aromatic rings. The molecular weight excluding hydrogens is 316 g/mol. The molecule has 0 saturated carbocycles. The minimum Gasteiger partial charge on any atom is -0.459 e. The first-order valence-corrected chi connectivity index (χ1v) is 7.85. The van der Waals surface area contributed by atoms with Gasteiger partial charge in [0.05, 0.1) is 5.56 Å². The van der Waals surface area contributed by atoms with Crippen LogP contribution >= 0.6 is 0 Å². The van der Waals surface area contributed by atoms with Crippen LogP contribution in [0.25, 0.3) is 0 Å².